The summed E-state index contributed by atoms with van der Waals surface area (Å²) >= 11 is 0. The third-order valence-corrected chi connectivity index (χ3v) is 6.63. The summed E-state index contributed by atoms with van der Waals surface area (Å²) < 4.78 is 5.94. The molecule has 4 aliphatic rings. The van der Waals surface area contributed by atoms with Crippen molar-refractivity contribution in [2.75, 3.05) is 26.8 Å². The van der Waals surface area contributed by atoms with Gasteiger partial charge in [0.15, 0.2) is 23.4 Å². The number of hydrogen-bond acceptors (Lipinski definition) is 7. The van der Waals surface area contributed by atoms with Crippen LogP contribution in [0.4, 0.5) is 0 Å². The van der Waals surface area contributed by atoms with Crippen LogP contribution >= 0.6 is 0 Å². The van der Waals surface area contributed by atoms with Crippen LogP contribution < -0.4 is 4.74 Å². The minimum atomic E-state index is -0.954. The molecule has 4 N–H and O–H groups in total. The highest BCUT2D eigenvalue weighted by Gasteiger charge is 2.72. The number of rotatable bonds is 1. The zero-order valence-electron chi connectivity index (χ0n) is 14.8. The number of ketones is 1. The first-order valence-corrected chi connectivity index (χ1v) is 9.09. The van der Waals surface area contributed by atoms with Gasteiger partial charge in [-0.3, -0.25) is 4.79 Å². The molecule has 2 heterocycles. The van der Waals surface area contributed by atoms with Crippen molar-refractivity contribution in [3.05, 3.63) is 23.3 Å². The van der Waals surface area contributed by atoms with Gasteiger partial charge in [-0.15, -0.1) is 0 Å². The summed E-state index contributed by atoms with van der Waals surface area (Å²) in [5.74, 6) is 0.561. The molecule has 1 aromatic carbocycles. The first-order chi connectivity index (χ1) is 12.4. The highest BCUT2D eigenvalue weighted by Crippen LogP contribution is 2.64. The normalized spacial score (nSPS) is 36.7. The second-order valence-corrected chi connectivity index (χ2v) is 7.71. The van der Waals surface area contributed by atoms with Crippen LogP contribution in [0.15, 0.2) is 12.1 Å². The van der Waals surface area contributed by atoms with Crippen molar-refractivity contribution in [1.82, 2.24) is 4.90 Å². The second-order valence-electron chi connectivity index (χ2n) is 7.71. The Balaban J connectivity index is 0.000000385. The van der Waals surface area contributed by atoms with Crippen molar-refractivity contribution < 1.29 is 30.0 Å². The summed E-state index contributed by atoms with van der Waals surface area (Å²) in [5.41, 5.74) is 0.370. The van der Waals surface area contributed by atoms with Crippen LogP contribution in [0.1, 0.15) is 30.4 Å². The number of aliphatic hydroxyl groups excluding tert-OH is 2. The smallest absolute Gasteiger partial charge is 0.174 e. The first-order valence-electron chi connectivity index (χ1n) is 9.09. The lowest BCUT2D eigenvalue weighted by Crippen LogP contribution is -2.76. The van der Waals surface area contributed by atoms with Crippen LogP contribution in [-0.2, 0) is 16.6 Å². The topological polar surface area (TPSA) is 110 Å². The van der Waals surface area contributed by atoms with E-state index in [4.69, 9.17) is 14.9 Å². The van der Waals surface area contributed by atoms with E-state index in [-0.39, 0.29) is 30.8 Å². The highest BCUT2D eigenvalue weighted by atomic mass is 16.5. The predicted octanol–water partition coefficient (Wildman–Crippen LogP) is -0.284. The van der Waals surface area contributed by atoms with E-state index in [1.807, 2.05) is 13.1 Å². The van der Waals surface area contributed by atoms with Gasteiger partial charge in [0.2, 0.25) is 0 Å². The van der Waals surface area contributed by atoms with Crippen molar-refractivity contribution in [3.8, 4) is 11.5 Å². The van der Waals surface area contributed by atoms with Crippen molar-refractivity contribution in [2.45, 2.75) is 48.8 Å². The largest absolute Gasteiger partial charge is 0.504 e. The molecule has 5 rings (SSSR count). The summed E-state index contributed by atoms with van der Waals surface area (Å²) in [6.07, 6.45) is 1.61. The van der Waals surface area contributed by atoms with Crippen molar-refractivity contribution in [1.29, 1.82) is 0 Å². The minimum absolute atomic E-state index is 0.00319. The second kappa shape index (κ2) is 5.92. The fourth-order valence-corrected chi connectivity index (χ4v) is 5.54. The van der Waals surface area contributed by atoms with Gasteiger partial charge in [-0.25, -0.2) is 0 Å². The van der Waals surface area contributed by atoms with Gasteiger partial charge in [-0.1, -0.05) is 6.07 Å². The highest BCUT2D eigenvalue weighted by molar-refractivity contribution is 5.90. The monoisotopic (exact) mass is 363 g/mol. The Morgan fingerprint density at radius 2 is 2.00 bits per heavy atom. The molecule has 1 saturated heterocycles. The van der Waals surface area contributed by atoms with E-state index >= 15 is 0 Å². The van der Waals surface area contributed by atoms with Crippen LogP contribution in [0.25, 0.3) is 0 Å². The van der Waals surface area contributed by atoms with Gasteiger partial charge in [0.25, 0.3) is 0 Å². The molecule has 1 aromatic rings. The molecule has 4 atom stereocenters. The number of carbonyl (C=O) groups excluding carboxylic acids is 1. The zero-order chi connectivity index (χ0) is 18.7. The molecule has 7 nitrogen and oxygen atoms in total. The van der Waals surface area contributed by atoms with Gasteiger partial charge in [-0.05, 0) is 44.5 Å². The van der Waals surface area contributed by atoms with Crippen molar-refractivity contribution in [2.24, 2.45) is 0 Å². The van der Waals surface area contributed by atoms with Gasteiger partial charge in [-0.2, -0.15) is 0 Å². The fourth-order valence-electron chi connectivity index (χ4n) is 5.54. The predicted molar refractivity (Wildman–Crippen MR) is 92.3 cm³/mol. The maximum atomic E-state index is 12.5. The number of benzene rings is 1. The average Bonchev–Trinajstić information content (AvgIpc) is 2.99. The Morgan fingerprint density at radius 3 is 2.69 bits per heavy atom. The van der Waals surface area contributed by atoms with Crippen molar-refractivity contribution >= 4 is 5.78 Å². The number of piperidine rings is 1. The number of hydrogen-bond donors (Lipinski definition) is 4. The summed E-state index contributed by atoms with van der Waals surface area (Å²) in [6, 6.07) is 3.57. The summed E-state index contributed by atoms with van der Waals surface area (Å²) in [4.78, 5) is 14.7. The zero-order valence-corrected chi connectivity index (χ0v) is 14.8. The lowest BCUT2D eigenvalue weighted by molar-refractivity contribution is -0.185. The van der Waals surface area contributed by atoms with Crippen LogP contribution in [-0.4, -0.2) is 75.7 Å². The number of phenols is 1. The van der Waals surface area contributed by atoms with E-state index in [0.29, 0.717) is 25.0 Å². The quantitative estimate of drug-likeness (QED) is 0.543. The van der Waals surface area contributed by atoms with Gasteiger partial charge in [0.05, 0.1) is 24.2 Å². The van der Waals surface area contributed by atoms with E-state index < -0.39 is 17.1 Å². The van der Waals surface area contributed by atoms with Crippen LogP contribution in [0.5, 0.6) is 11.5 Å². The molecule has 0 unspecified atom stereocenters. The number of carbonyl (C=O) groups is 1. The minimum Gasteiger partial charge on any atom is -0.504 e. The van der Waals surface area contributed by atoms with Gasteiger partial charge in [0.1, 0.15) is 0 Å². The molecule has 142 valence electrons. The van der Waals surface area contributed by atoms with Gasteiger partial charge in [0, 0.05) is 18.0 Å². The molecule has 0 aromatic heterocycles. The molecule has 2 fully saturated rings. The number of nitrogens with zero attached hydrogens (tertiary/aromatic N) is 1. The molecule has 0 amide bonds. The maximum Gasteiger partial charge on any atom is 0.174 e. The Kier molecular flexibility index (Phi) is 4.04. The lowest BCUT2D eigenvalue weighted by atomic mass is 9.49. The van der Waals surface area contributed by atoms with Crippen LogP contribution in [0, 0.1) is 0 Å². The Bertz CT molecular complexity index is 750. The fraction of sp³-hybridized carbons (Fsp3) is 0.632. The molecule has 1 saturated carbocycles. The standard InChI is InChI=1S/C17H19NO4.C2H6O2/c1-18-7-6-16-13-9-2-3-10(19)14(13)22-15(16)11(20)4-5-17(16,21)12(18)8-9;3-1-2-4/h2-3,12,15,19,21H,4-8H2,1H3;3-4H,1-2H2/t12-,15+,16+,17-;/m1./s1. The number of aromatic hydroxyl groups is 1. The summed E-state index contributed by atoms with van der Waals surface area (Å²) in [6.45, 7) is 0.578. The Morgan fingerprint density at radius 1 is 1.27 bits per heavy atom. The van der Waals surface area contributed by atoms with E-state index in [1.54, 1.807) is 6.07 Å². The van der Waals surface area contributed by atoms with E-state index in [2.05, 4.69) is 4.90 Å². The molecule has 2 bridgehead atoms. The number of aliphatic hydroxyl groups is 3. The molecule has 2 aliphatic heterocycles. The average molecular weight is 363 g/mol. The van der Waals surface area contributed by atoms with Crippen molar-refractivity contribution in [3.63, 3.8) is 0 Å². The molecule has 1 spiro atoms. The summed E-state index contributed by atoms with van der Waals surface area (Å²) in [7, 11) is 2.04. The third kappa shape index (κ3) is 2.00. The van der Waals surface area contributed by atoms with E-state index in [9.17, 15) is 15.0 Å². The molecule has 26 heavy (non-hydrogen) atoms. The SMILES string of the molecule is CN1CC[C@]23c4c5ccc(O)c4O[C@H]2C(=O)CC[C@@]3(O)[C@H]1C5.OCCO. The number of likely N-dealkylation sites (tertiary alicyclic amines) is 1. The van der Waals surface area contributed by atoms with Crippen LogP contribution in [0.3, 0.4) is 0 Å². The lowest BCUT2D eigenvalue weighted by Gasteiger charge is -2.61. The number of Topliss-reactive ketones (excluding diaryl/α,β-unsaturated/α-hetero) is 1. The maximum absolute atomic E-state index is 12.5. The Labute approximate surface area is 151 Å². The molecule has 0 radical (unpaired) electrons. The number of phenolic OH excluding ortho intramolecular Hbond substituents is 1. The van der Waals surface area contributed by atoms with E-state index in [1.165, 1.54) is 0 Å². The van der Waals surface area contributed by atoms with Crippen LogP contribution in [0.2, 0.25) is 0 Å². The van der Waals surface area contributed by atoms with Gasteiger partial charge >= 0.3 is 0 Å². The molecule has 7 heteroatoms. The molecule has 2 aliphatic carbocycles. The number of likely N-dealkylation sites (N-methyl/N-ethyl adjacent to an activating group) is 1. The third-order valence-electron chi connectivity index (χ3n) is 6.63. The van der Waals surface area contributed by atoms with E-state index in [0.717, 1.165) is 24.1 Å². The molecular formula is C19H25NO6. The number of ether oxygens (including phenoxy) is 1. The summed E-state index contributed by atoms with van der Waals surface area (Å²) in [5, 5.41) is 37.1. The Hall–Kier alpha value is -1.67. The first kappa shape index (κ1) is 17.7. The molecular weight excluding hydrogens is 338 g/mol. The van der Waals surface area contributed by atoms with Gasteiger partial charge < -0.3 is 30.1 Å².